The summed E-state index contributed by atoms with van der Waals surface area (Å²) in [4.78, 5) is 0. The molecule has 0 N–H and O–H groups in total. The monoisotopic (exact) mass is 276 g/mol. The lowest BCUT2D eigenvalue weighted by Crippen LogP contribution is -2.01. The largest absolute Gasteiger partial charge is 0.496 e. The van der Waals surface area contributed by atoms with Gasteiger partial charge in [0.1, 0.15) is 5.75 Å². The molecule has 2 rings (SSSR count). The first kappa shape index (κ1) is 11.3. The van der Waals surface area contributed by atoms with E-state index in [-0.39, 0.29) is 0 Å². The molecule has 0 bridgehead atoms. The number of rotatable bonds is 1. The number of fused-ring (bicyclic) bond motifs is 1. The molecule has 0 atom stereocenters. The molecule has 0 radical (unpaired) electrons. The van der Waals surface area contributed by atoms with Crippen molar-refractivity contribution >= 4 is 21.5 Å². The molecular formula is C14H13BrO. The van der Waals surface area contributed by atoms with Crippen LogP contribution in [-0.4, -0.2) is 12.4 Å². The summed E-state index contributed by atoms with van der Waals surface area (Å²) in [6.45, 7) is 0. The Morgan fingerprint density at radius 1 is 1.44 bits per heavy atom. The molecule has 1 aliphatic rings. The fourth-order valence-electron chi connectivity index (χ4n) is 1.98. The van der Waals surface area contributed by atoms with Crippen LogP contribution in [0.3, 0.4) is 0 Å². The van der Waals surface area contributed by atoms with Crippen LogP contribution in [0.25, 0.3) is 5.57 Å². The number of methoxy groups -OCH3 is 1. The Labute approximate surface area is 105 Å². The molecule has 1 aromatic carbocycles. The molecule has 0 saturated carbocycles. The van der Waals surface area contributed by atoms with Gasteiger partial charge in [0.2, 0.25) is 0 Å². The van der Waals surface area contributed by atoms with Gasteiger partial charge in [0.15, 0.2) is 0 Å². The van der Waals surface area contributed by atoms with Gasteiger partial charge in [-0.1, -0.05) is 46.0 Å². The van der Waals surface area contributed by atoms with Crippen LogP contribution in [0.1, 0.15) is 17.5 Å². The first-order valence-corrected chi connectivity index (χ1v) is 6.40. The Hall–Kier alpha value is -1.20. The maximum Gasteiger partial charge on any atom is 0.122 e. The molecule has 82 valence electrons. The first-order valence-electron chi connectivity index (χ1n) is 5.28. The molecule has 0 aliphatic heterocycles. The van der Waals surface area contributed by atoms with Crippen molar-refractivity contribution in [3.63, 3.8) is 0 Å². The van der Waals surface area contributed by atoms with Gasteiger partial charge in [-0.25, -0.2) is 0 Å². The zero-order valence-corrected chi connectivity index (χ0v) is 10.8. The maximum absolute atomic E-state index is 5.38. The average molecular weight is 277 g/mol. The molecule has 0 saturated heterocycles. The summed E-state index contributed by atoms with van der Waals surface area (Å²) >= 11 is 3.32. The van der Waals surface area contributed by atoms with Gasteiger partial charge in [0.25, 0.3) is 0 Å². The highest BCUT2D eigenvalue weighted by Gasteiger charge is 2.14. The van der Waals surface area contributed by atoms with Crippen LogP contribution in [-0.2, 0) is 6.42 Å². The van der Waals surface area contributed by atoms with Crippen LogP contribution >= 0.6 is 15.9 Å². The van der Waals surface area contributed by atoms with E-state index in [0.717, 1.165) is 24.2 Å². The van der Waals surface area contributed by atoms with Gasteiger partial charge in [-0.15, -0.1) is 0 Å². The Kier molecular flexibility index (Phi) is 3.69. The summed E-state index contributed by atoms with van der Waals surface area (Å²) < 4.78 is 5.38. The van der Waals surface area contributed by atoms with E-state index in [0.29, 0.717) is 5.33 Å². The lowest BCUT2D eigenvalue weighted by atomic mass is 9.90. The number of alkyl halides is 1. The number of halogens is 1. The minimum atomic E-state index is 0.712. The lowest BCUT2D eigenvalue weighted by Gasteiger charge is -2.17. The number of hydrogen-bond acceptors (Lipinski definition) is 1. The molecule has 1 nitrogen and oxygen atoms in total. The topological polar surface area (TPSA) is 9.23 Å². The SMILES string of the molecule is COc1cccc2c1CCC=C2C#CCBr. The van der Waals surface area contributed by atoms with Crippen molar-refractivity contribution in [1.82, 2.24) is 0 Å². The zero-order chi connectivity index (χ0) is 11.4. The van der Waals surface area contributed by atoms with Crippen molar-refractivity contribution in [2.75, 3.05) is 12.4 Å². The van der Waals surface area contributed by atoms with E-state index in [1.807, 2.05) is 12.1 Å². The third-order valence-electron chi connectivity index (χ3n) is 2.68. The molecule has 0 fully saturated rings. The van der Waals surface area contributed by atoms with Crippen molar-refractivity contribution in [2.45, 2.75) is 12.8 Å². The van der Waals surface area contributed by atoms with E-state index in [2.05, 4.69) is 39.9 Å². The minimum Gasteiger partial charge on any atom is -0.496 e. The predicted molar refractivity (Wildman–Crippen MR) is 70.9 cm³/mol. The molecule has 1 aromatic rings. The molecule has 0 unspecified atom stereocenters. The maximum atomic E-state index is 5.38. The Bertz CT molecular complexity index is 477. The van der Waals surface area contributed by atoms with Crippen LogP contribution < -0.4 is 4.74 Å². The van der Waals surface area contributed by atoms with Crippen LogP contribution in [0.15, 0.2) is 24.3 Å². The van der Waals surface area contributed by atoms with E-state index in [1.54, 1.807) is 7.11 Å². The van der Waals surface area contributed by atoms with Gasteiger partial charge in [-0.05, 0) is 24.5 Å². The third kappa shape index (κ3) is 2.15. The molecule has 0 aromatic heterocycles. The highest BCUT2D eigenvalue weighted by atomic mass is 79.9. The van der Waals surface area contributed by atoms with Gasteiger partial charge in [0, 0.05) is 11.1 Å². The summed E-state index contributed by atoms with van der Waals surface area (Å²) in [5, 5.41) is 0.712. The van der Waals surface area contributed by atoms with Crippen molar-refractivity contribution in [3.05, 3.63) is 35.4 Å². The van der Waals surface area contributed by atoms with Crippen molar-refractivity contribution in [3.8, 4) is 17.6 Å². The smallest absolute Gasteiger partial charge is 0.122 e. The number of ether oxygens (including phenoxy) is 1. The summed E-state index contributed by atoms with van der Waals surface area (Å²) in [6, 6.07) is 6.15. The van der Waals surface area contributed by atoms with Crippen molar-refractivity contribution in [2.24, 2.45) is 0 Å². The minimum absolute atomic E-state index is 0.712. The average Bonchev–Trinajstić information content (AvgIpc) is 2.35. The lowest BCUT2D eigenvalue weighted by molar-refractivity contribution is 0.409. The summed E-state index contributed by atoms with van der Waals surface area (Å²) in [6.07, 6.45) is 4.29. The Balaban J connectivity index is 2.46. The van der Waals surface area contributed by atoms with Gasteiger partial charge < -0.3 is 4.74 Å². The van der Waals surface area contributed by atoms with Crippen LogP contribution in [0.2, 0.25) is 0 Å². The predicted octanol–water partition coefficient (Wildman–Crippen LogP) is 3.42. The normalized spacial score (nSPS) is 13.2. The fourth-order valence-corrected chi connectivity index (χ4v) is 2.13. The molecule has 1 aliphatic carbocycles. The fraction of sp³-hybridized carbons (Fsp3) is 0.286. The second-order valence-electron chi connectivity index (χ2n) is 3.58. The van der Waals surface area contributed by atoms with Gasteiger partial charge in [0.05, 0.1) is 12.4 Å². The zero-order valence-electron chi connectivity index (χ0n) is 9.22. The molecule has 16 heavy (non-hydrogen) atoms. The number of allylic oxidation sites excluding steroid dienone is 2. The van der Waals surface area contributed by atoms with Crippen LogP contribution in [0.5, 0.6) is 5.75 Å². The molecule has 0 spiro atoms. The van der Waals surface area contributed by atoms with Gasteiger partial charge >= 0.3 is 0 Å². The van der Waals surface area contributed by atoms with Crippen LogP contribution in [0.4, 0.5) is 0 Å². The number of benzene rings is 1. The molecular weight excluding hydrogens is 264 g/mol. The summed E-state index contributed by atoms with van der Waals surface area (Å²) in [5.41, 5.74) is 3.63. The first-order chi connectivity index (χ1) is 7.86. The van der Waals surface area contributed by atoms with E-state index in [4.69, 9.17) is 4.74 Å². The number of hydrogen-bond donors (Lipinski definition) is 0. The quantitative estimate of drug-likeness (QED) is 0.564. The highest BCUT2D eigenvalue weighted by molar-refractivity contribution is 9.09. The third-order valence-corrected chi connectivity index (χ3v) is 2.96. The summed E-state index contributed by atoms with van der Waals surface area (Å²) in [5.74, 6) is 7.22. The van der Waals surface area contributed by atoms with E-state index in [1.165, 1.54) is 11.1 Å². The molecule has 0 amide bonds. The summed E-state index contributed by atoms with van der Waals surface area (Å²) in [7, 11) is 1.72. The Morgan fingerprint density at radius 2 is 2.31 bits per heavy atom. The second-order valence-corrected chi connectivity index (χ2v) is 4.14. The highest BCUT2D eigenvalue weighted by Crippen LogP contribution is 2.32. The standard InChI is InChI=1S/C14H13BrO/c1-16-14-9-3-7-12-11(6-4-10-15)5-2-8-13(12)14/h3,5,7,9H,2,8,10H2,1H3. The van der Waals surface area contributed by atoms with Crippen molar-refractivity contribution < 1.29 is 4.74 Å². The molecule has 0 heterocycles. The van der Waals surface area contributed by atoms with Crippen molar-refractivity contribution in [1.29, 1.82) is 0 Å². The van der Waals surface area contributed by atoms with Gasteiger partial charge in [-0.2, -0.15) is 0 Å². The van der Waals surface area contributed by atoms with Crippen LogP contribution in [0, 0.1) is 11.8 Å². The van der Waals surface area contributed by atoms with E-state index in [9.17, 15) is 0 Å². The van der Waals surface area contributed by atoms with E-state index >= 15 is 0 Å². The second kappa shape index (κ2) is 5.23. The van der Waals surface area contributed by atoms with Gasteiger partial charge in [-0.3, -0.25) is 0 Å². The van der Waals surface area contributed by atoms with E-state index < -0.39 is 0 Å². The Morgan fingerprint density at radius 3 is 3.06 bits per heavy atom. The molecule has 2 heteroatoms.